The van der Waals surface area contributed by atoms with Crippen molar-refractivity contribution in [2.24, 2.45) is 0 Å². The van der Waals surface area contributed by atoms with E-state index in [2.05, 4.69) is 0 Å². The Morgan fingerprint density at radius 3 is 2.64 bits per heavy atom. The Labute approximate surface area is 128 Å². The average molecular weight is 303 g/mol. The number of nitrogens with zero attached hydrogens (tertiary/aromatic N) is 1. The highest BCUT2D eigenvalue weighted by molar-refractivity contribution is 6.22. The van der Waals surface area contributed by atoms with Crippen molar-refractivity contribution >= 4 is 17.5 Å². The van der Waals surface area contributed by atoms with Crippen molar-refractivity contribution in [2.45, 2.75) is 31.7 Å². The Kier molecular flexibility index (Phi) is 3.26. The Morgan fingerprint density at radius 1 is 1.05 bits per heavy atom. The number of fused-ring (bicyclic) bond motifs is 1. The van der Waals surface area contributed by atoms with Gasteiger partial charge >= 0.3 is 0 Å². The van der Waals surface area contributed by atoms with E-state index in [0.717, 1.165) is 25.9 Å². The first kappa shape index (κ1) is 13.6. The van der Waals surface area contributed by atoms with Gasteiger partial charge in [-0.15, -0.1) is 0 Å². The molecule has 3 aliphatic rings. The molecular formula is C16H19N2O4+. The third-order valence-corrected chi connectivity index (χ3v) is 4.75. The van der Waals surface area contributed by atoms with Crippen LogP contribution >= 0.6 is 0 Å². The second-order valence-corrected chi connectivity index (χ2v) is 6.08. The molecule has 1 atom stereocenters. The summed E-state index contributed by atoms with van der Waals surface area (Å²) in [5, 5.41) is 0. The molecule has 0 aliphatic carbocycles. The molecule has 0 unspecified atom stereocenters. The van der Waals surface area contributed by atoms with Gasteiger partial charge in [-0.1, -0.05) is 0 Å². The molecule has 3 heterocycles. The molecular weight excluding hydrogens is 284 g/mol. The summed E-state index contributed by atoms with van der Waals surface area (Å²) in [6, 6.07) is 4.99. The monoisotopic (exact) mass is 303 g/mol. The summed E-state index contributed by atoms with van der Waals surface area (Å²) in [6.45, 7) is 2.15. The van der Waals surface area contributed by atoms with Gasteiger partial charge in [0.05, 0.1) is 25.2 Å². The number of benzene rings is 1. The smallest absolute Gasteiger partial charge is 0.292 e. The van der Waals surface area contributed by atoms with E-state index in [-0.39, 0.29) is 24.6 Å². The van der Waals surface area contributed by atoms with Gasteiger partial charge in [0.2, 0.25) is 12.7 Å². The van der Waals surface area contributed by atoms with Crippen LogP contribution in [-0.4, -0.2) is 37.7 Å². The highest BCUT2D eigenvalue weighted by atomic mass is 16.7. The second-order valence-electron chi connectivity index (χ2n) is 6.08. The van der Waals surface area contributed by atoms with Gasteiger partial charge < -0.3 is 14.4 Å². The Balaban J connectivity index is 1.59. The van der Waals surface area contributed by atoms with E-state index >= 15 is 0 Å². The van der Waals surface area contributed by atoms with Crippen LogP contribution in [0, 0.1) is 0 Å². The van der Waals surface area contributed by atoms with Crippen LogP contribution < -0.4 is 19.3 Å². The quantitative estimate of drug-likeness (QED) is 0.788. The molecule has 0 bridgehead atoms. The highest BCUT2D eigenvalue weighted by Gasteiger charge is 2.46. The Hall–Kier alpha value is -2.08. The van der Waals surface area contributed by atoms with Crippen molar-refractivity contribution in [3.05, 3.63) is 18.2 Å². The summed E-state index contributed by atoms with van der Waals surface area (Å²) in [7, 11) is 0. The van der Waals surface area contributed by atoms with E-state index in [1.165, 1.54) is 16.2 Å². The van der Waals surface area contributed by atoms with Crippen LogP contribution in [-0.2, 0) is 9.59 Å². The maximum Gasteiger partial charge on any atom is 0.292 e. The number of nitrogens with one attached hydrogen (secondary N) is 1. The third kappa shape index (κ3) is 2.14. The summed E-state index contributed by atoms with van der Waals surface area (Å²) >= 11 is 0. The lowest BCUT2D eigenvalue weighted by molar-refractivity contribution is -0.919. The van der Waals surface area contributed by atoms with E-state index in [9.17, 15) is 9.59 Å². The molecule has 0 radical (unpaired) electrons. The summed E-state index contributed by atoms with van der Waals surface area (Å²) in [6.07, 6.45) is 3.81. The number of likely N-dealkylation sites (tertiary alicyclic amines) is 1. The zero-order valence-electron chi connectivity index (χ0n) is 12.3. The zero-order chi connectivity index (χ0) is 15.1. The summed E-state index contributed by atoms with van der Waals surface area (Å²) < 4.78 is 10.6. The van der Waals surface area contributed by atoms with Crippen LogP contribution in [0.15, 0.2) is 18.2 Å². The number of ether oxygens (including phenoxy) is 2. The molecule has 0 spiro atoms. The molecule has 2 amide bonds. The maximum atomic E-state index is 12.7. The molecule has 1 N–H and O–H groups in total. The predicted molar refractivity (Wildman–Crippen MR) is 78.0 cm³/mol. The van der Waals surface area contributed by atoms with Gasteiger partial charge in [-0.25, -0.2) is 4.90 Å². The SMILES string of the molecule is O=C1C[C@@H]([NH+]2CCCCC2)C(=O)N1c1ccc2c(c1)OCO2. The number of rotatable bonds is 2. The number of imide groups is 1. The van der Waals surface area contributed by atoms with E-state index in [1.54, 1.807) is 18.2 Å². The second kappa shape index (κ2) is 5.28. The zero-order valence-corrected chi connectivity index (χ0v) is 12.3. The molecule has 6 heteroatoms. The van der Waals surface area contributed by atoms with Gasteiger partial charge in [-0.2, -0.15) is 0 Å². The van der Waals surface area contributed by atoms with Crippen LogP contribution in [0.4, 0.5) is 5.69 Å². The van der Waals surface area contributed by atoms with Crippen LogP contribution in [0.1, 0.15) is 25.7 Å². The normalized spacial score (nSPS) is 25.1. The first-order chi connectivity index (χ1) is 10.7. The summed E-state index contributed by atoms with van der Waals surface area (Å²) in [5.74, 6) is 1.04. The van der Waals surface area contributed by atoms with Crippen LogP contribution in [0.25, 0.3) is 0 Å². The average Bonchev–Trinajstić information content (AvgIpc) is 3.12. The van der Waals surface area contributed by atoms with E-state index in [4.69, 9.17) is 9.47 Å². The number of hydrogen-bond acceptors (Lipinski definition) is 4. The number of amides is 2. The lowest BCUT2D eigenvalue weighted by Crippen LogP contribution is -3.17. The number of carbonyl (C=O) groups excluding carboxylic acids is 2. The van der Waals surface area contributed by atoms with E-state index < -0.39 is 0 Å². The van der Waals surface area contributed by atoms with Crippen LogP contribution in [0.2, 0.25) is 0 Å². The highest BCUT2D eigenvalue weighted by Crippen LogP contribution is 2.36. The molecule has 22 heavy (non-hydrogen) atoms. The standard InChI is InChI=1S/C16H18N2O4/c19-15-9-12(17-6-2-1-3-7-17)16(20)18(15)11-4-5-13-14(8-11)22-10-21-13/h4-5,8,12H,1-3,6-7,9-10H2/p+1/t12-/m1/s1. The van der Waals surface area contributed by atoms with Crippen molar-refractivity contribution in [3.63, 3.8) is 0 Å². The molecule has 6 nitrogen and oxygen atoms in total. The molecule has 0 aromatic heterocycles. The molecule has 3 aliphatic heterocycles. The molecule has 1 aromatic rings. The van der Waals surface area contributed by atoms with Crippen LogP contribution in [0.5, 0.6) is 11.5 Å². The lowest BCUT2D eigenvalue weighted by Gasteiger charge is -2.27. The molecule has 116 valence electrons. The fraction of sp³-hybridized carbons (Fsp3) is 0.500. The number of piperidine rings is 1. The van der Waals surface area contributed by atoms with Gasteiger partial charge in [-0.05, 0) is 31.4 Å². The minimum Gasteiger partial charge on any atom is -0.454 e. The van der Waals surface area contributed by atoms with Crippen molar-refractivity contribution in [1.82, 2.24) is 0 Å². The molecule has 4 rings (SSSR count). The fourth-order valence-corrected chi connectivity index (χ4v) is 3.60. The summed E-state index contributed by atoms with van der Waals surface area (Å²) in [4.78, 5) is 27.7. The van der Waals surface area contributed by atoms with Gasteiger partial charge in [0.25, 0.3) is 5.91 Å². The van der Waals surface area contributed by atoms with Gasteiger partial charge in [0, 0.05) is 6.07 Å². The predicted octanol–water partition coefficient (Wildman–Crippen LogP) is 0.116. The van der Waals surface area contributed by atoms with Crippen molar-refractivity contribution in [3.8, 4) is 11.5 Å². The molecule has 0 saturated carbocycles. The fourth-order valence-electron chi connectivity index (χ4n) is 3.60. The first-order valence-corrected chi connectivity index (χ1v) is 7.85. The van der Waals surface area contributed by atoms with Crippen molar-refractivity contribution < 1.29 is 24.0 Å². The topological polar surface area (TPSA) is 60.3 Å². The molecule has 2 fully saturated rings. The molecule has 2 saturated heterocycles. The number of anilines is 1. The Bertz CT molecular complexity index is 625. The van der Waals surface area contributed by atoms with Crippen molar-refractivity contribution in [1.29, 1.82) is 0 Å². The largest absolute Gasteiger partial charge is 0.454 e. The van der Waals surface area contributed by atoms with Gasteiger partial charge in [0.15, 0.2) is 17.5 Å². The lowest BCUT2D eigenvalue weighted by atomic mass is 10.1. The van der Waals surface area contributed by atoms with Crippen molar-refractivity contribution in [2.75, 3.05) is 24.8 Å². The minimum atomic E-state index is -0.224. The maximum absolute atomic E-state index is 12.7. The van der Waals surface area contributed by atoms with Crippen LogP contribution in [0.3, 0.4) is 0 Å². The number of carbonyl (C=O) groups is 2. The number of hydrogen-bond donors (Lipinski definition) is 1. The van der Waals surface area contributed by atoms with Gasteiger partial charge in [-0.3, -0.25) is 9.59 Å². The molecule has 1 aromatic carbocycles. The minimum absolute atomic E-state index is 0.0826. The Morgan fingerprint density at radius 2 is 1.82 bits per heavy atom. The first-order valence-electron chi connectivity index (χ1n) is 7.85. The van der Waals surface area contributed by atoms with Gasteiger partial charge in [0.1, 0.15) is 0 Å². The number of quaternary nitrogens is 1. The third-order valence-electron chi connectivity index (χ3n) is 4.75. The van der Waals surface area contributed by atoms with E-state index in [1.807, 2.05) is 0 Å². The summed E-state index contributed by atoms with van der Waals surface area (Å²) in [5.41, 5.74) is 0.582. The van der Waals surface area contributed by atoms with E-state index in [0.29, 0.717) is 23.6 Å².